The lowest BCUT2D eigenvalue weighted by Crippen LogP contribution is -2.52. The Balaban J connectivity index is 1.53. The number of fused-ring (bicyclic) bond motifs is 2. The summed E-state index contributed by atoms with van der Waals surface area (Å²) in [6, 6.07) is 3.30. The third-order valence-corrected chi connectivity index (χ3v) is 4.57. The van der Waals surface area contributed by atoms with Crippen LogP contribution in [0.25, 0.3) is 0 Å². The third kappa shape index (κ3) is 2.33. The lowest BCUT2D eigenvalue weighted by atomic mass is 10.2. The Morgan fingerprint density at radius 1 is 1.29 bits per heavy atom. The van der Waals surface area contributed by atoms with Crippen LogP contribution in [0.15, 0.2) is 24.7 Å². The van der Waals surface area contributed by atoms with Gasteiger partial charge in [0.05, 0.1) is 11.9 Å². The number of nitrogens with one attached hydrogen (secondary N) is 2. The van der Waals surface area contributed by atoms with Crippen molar-refractivity contribution in [3.8, 4) is 0 Å². The first-order valence-electron chi connectivity index (χ1n) is 7.35. The van der Waals surface area contributed by atoms with Gasteiger partial charge in [-0.1, -0.05) is 0 Å². The molecule has 4 heterocycles. The fraction of sp³-hybridized carbons (Fsp3) is 0.500. The number of hydrogen-bond acceptors (Lipinski definition) is 6. The van der Waals surface area contributed by atoms with Crippen molar-refractivity contribution >= 4 is 17.5 Å². The van der Waals surface area contributed by atoms with E-state index < -0.39 is 0 Å². The second-order valence-corrected chi connectivity index (χ2v) is 5.81. The van der Waals surface area contributed by atoms with Crippen LogP contribution in [0, 0.1) is 0 Å². The number of aromatic amines is 1. The predicted molar refractivity (Wildman–Crippen MR) is 80.7 cm³/mol. The maximum atomic E-state index is 4.64. The van der Waals surface area contributed by atoms with Crippen LogP contribution < -0.4 is 10.2 Å². The van der Waals surface area contributed by atoms with Gasteiger partial charge in [0.1, 0.15) is 5.82 Å². The molecule has 2 aromatic rings. The Morgan fingerprint density at radius 3 is 2.81 bits per heavy atom. The summed E-state index contributed by atoms with van der Waals surface area (Å²) in [6.45, 7) is 2.10. The molecule has 2 bridgehead atoms. The van der Waals surface area contributed by atoms with Crippen LogP contribution in [0.1, 0.15) is 12.8 Å². The normalized spacial score (nSPS) is 25.3. The second-order valence-electron chi connectivity index (χ2n) is 5.81. The minimum Gasteiger partial charge on any atom is -0.353 e. The molecule has 2 aliphatic heterocycles. The molecule has 0 amide bonds. The van der Waals surface area contributed by atoms with E-state index in [-0.39, 0.29) is 0 Å². The molecule has 0 radical (unpaired) electrons. The van der Waals surface area contributed by atoms with Crippen LogP contribution >= 0.6 is 0 Å². The van der Waals surface area contributed by atoms with Crippen LogP contribution in [-0.4, -0.2) is 57.3 Å². The molecule has 21 heavy (non-hydrogen) atoms. The number of likely N-dealkylation sites (N-methyl/N-ethyl adjacent to an activating group) is 1. The van der Waals surface area contributed by atoms with E-state index in [2.05, 4.69) is 42.3 Å². The molecular weight excluding hydrogens is 266 g/mol. The van der Waals surface area contributed by atoms with Crippen molar-refractivity contribution in [1.29, 1.82) is 0 Å². The quantitative estimate of drug-likeness (QED) is 0.883. The van der Waals surface area contributed by atoms with E-state index >= 15 is 0 Å². The number of piperazine rings is 1. The summed E-state index contributed by atoms with van der Waals surface area (Å²) < 4.78 is 0. The van der Waals surface area contributed by atoms with Crippen molar-refractivity contribution < 1.29 is 0 Å². The van der Waals surface area contributed by atoms with Gasteiger partial charge in [0.15, 0.2) is 0 Å². The largest absolute Gasteiger partial charge is 0.353 e. The van der Waals surface area contributed by atoms with E-state index in [1.165, 1.54) is 12.8 Å². The molecule has 2 aliphatic rings. The molecule has 2 N–H and O–H groups in total. The molecule has 2 fully saturated rings. The van der Waals surface area contributed by atoms with Crippen molar-refractivity contribution in [2.24, 2.45) is 0 Å². The first-order valence-corrected chi connectivity index (χ1v) is 7.35. The van der Waals surface area contributed by atoms with E-state index in [0.29, 0.717) is 18.0 Å². The number of rotatable bonds is 3. The lowest BCUT2D eigenvalue weighted by Gasteiger charge is -2.39. The molecule has 0 aromatic carbocycles. The summed E-state index contributed by atoms with van der Waals surface area (Å²) in [4.78, 5) is 13.8. The summed E-state index contributed by atoms with van der Waals surface area (Å²) in [5, 5.41) is 9.83. The Bertz CT molecular complexity index is 598. The highest BCUT2D eigenvalue weighted by atomic mass is 15.3. The first-order chi connectivity index (χ1) is 10.3. The number of anilines is 3. The Hall–Kier alpha value is -2.15. The van der Waals surface area contributed by atoms with E-state index in [9.17, 15) is 0 Å². The van der Waals surface area contributed by atoms with Crippen molar-refractivity contribution in [1.82, 2.24) is 25.1 Å². The fourth-order valence-corrected chi connectivity index (χ4v) is 3.33. The van der Waals surface area contributed by atoms with Gasteiger partial charge in [-0.25, -0.2) is 4.98 Å². The second kappa shape index (κ2) is 5.00. The number of hydrogen-bond donors (Lipinski definition) is 2. The van der Waals surface area contributed by atoms with Gasteiger partial charge in [-0.3, -0.25) is 10.00 Å². The fourth-order valence-electron chi connectivity index (χ4n) is 3.33. The summed E-state index contributed by atoms with van der Waals surface area (Å²) >= 11 is 0. The highest BCUT2D eigenvalue weighted by molar-refractivity contribution is 5.53. The Kier molecular flexibility index (Phi) is 2.99. The Labute approximate surface area is 123 Å². The summed E-state index contributed by atoms with van der Waals surface area (Å²) in [5.41, 5.74) is 0.866. The van der Waals surface area contributed by atoms with Crippen LogP contribution in [0.5, 0.6) is 0 Å². The van der Waals surface area contributed by atoms with Gasteiger partial charge in [-0.05, 0) is 26.0 Å². The zero-order chi connectivity index (χ0) is 14.2. The SMILES string of the molecule is CN1[C@@H]2CC[C@H]1CN(c1ccnc(Nc3cn[nH]c3)n1)C2. The summed E-state index contributed by atoms with van der Waals surface area (Å²) in [7, 11) is 2.24. The van der Waals surface area contributed by atoms with E-state index in [0.717, 1.165) is 24.6 Å². The van der Waals surface area contributed by atoms with Crippen molar-refractivity contribution in [2.45, 2.75) is 24.9 Å². The van der Waals surface area contributed by atoms with Crippen molar-refractivity contribution in [2.75, 3.05) is 30.4 Å². The van der Waals surface area contributed by atoms with Gasteiger partial charge < -0.3 is 10.2 Å². The molecule has 4 rings (SSSR count). The third-order valence-electron chi connectivity index (χ3n) is 4.57. The number of aromatic nitrogens is 4. The van der Waals surface area contributed by atoms with E-state index in [1.54, 1.807) is 12.4 Å². The molecule has 0 unspecified atom stereocenters. The first kappa shape index (κ1) is 12.6. The molecular formula is C14H19N7. The highest BCUT2D eigenvalue weighted by Crippen LogP contribution is 2.30. The molecule has 2 atom stereocenters. The molecule has 7 nitrogen and oxygen atoms in total. The standard InChI is InChI=1S/C14H19N7/c1-20-11-2-3-12(20)9-21(8-11)13-4-5-15-14(19-13)18-10-6-16-17-7-10/h4-7,11-12H,2-3,8-9H2,1H3,(H,16,17)(H,15,18,19)/t11-,12+. The minimum atomic E-state index is 0.611. The van der Waals surface area contributed by atoms with E-state index in [4.69, 9.17) is 0 Å². The predicted octanol–water partition coefficient (Wildman–Crippen LogP) is 1.23. The minimum absolute atomic E-state index is 0.611. The van der Waals surface area contributed by atoms with Gasteiger partial charge in [0.25, 0.3) is 0 Å². The highest BCUT2D eigenvalue weighted by Gasteiger charge is 2.37. The van der Waals surface area contributed by atoms with Gasteiger partial charge in [0, 0.05) is 37.6 Å². The molecule has 110 valence electrons. The van der Waals surface area contributed by atoms with E-state index in [1.807, 2.05) is 12.3 Å². The summed E-state index contributed by atoms with van der Waals surface area (Å²) in [5.74, 6) is 1.61. The van der Waals surface area contributed by atoms with Gasteiger partial charge in [-0.15, -0.1) is 0 Å². The zero-order valence-electron chi connectivity index (χ0n) is 12.0. The van der Waals surface area contributed by atoms with Crippen LogP contribution in [-0.2, 0) is 0 Å². The number of H-pyrrole nitrogens is 1. The smallest absolute Gasteiger partial charge is 0.229 e. The molecule has 0 aliphatic carbocycles. The average molecular weight is 285 g/mol. The van der Waals surface area contributed by atoms with Gasteiger partial charge in [0.2, 0.25) is 5.95 Å². The van der Waals surface area contributed by atoms with Gasteiger partial charge in [-0.2, -0.15) is 10.1 Å². The lowest BCUT2D eigenvalue weighted by molar-refractivity contribution is 0.212. The Morgan fingerprint density at radius 2 is 2.10 bits per heavy atom. The number of nitrogens with zero attached hydrogens (tertiary/aromatic N) is 5. The molecule has 2 saturated heterocycles. The zero-order valence-corrected chi connectivity index (χ0v) is 12.0. The average Bonchev–Trinajstić information content (AvgIpc) is 3.05. The van der Waals surface area contributed by atoms with Crippen LogP contribution in [0.3, 0.4) is 0 Å². The molecule has 0 spiro atoms. The van der Waals surface area contributed by atoms with Crippen molar-refractivity contribution in [3.63, 3.8) is 0 Å². The van der Waals surface area contributed by atoms with Gasteiger partial charge >= 0.3 is 0 Å². The molecule has 2 aromatic heterocycles. The maximum absolute atomic E-state index is 4.64. The van der Waals surface area contributed by atoms with Crippen molar-refractivity contribution in [3.05, 3.63) is 24.7 Å². The molecule has 0 saturated carbocycles. The maximum Gasteiger partial charge on any atom is 0.229 e. The monoisotopic (exact) mass is 285 g/mol. The summed E-state index contributed by atoms with van der Waals surface area (Å²) in [6.07, 6.45) is 7.90. The van der Waals surface area contributed by atoms with Crippen LogP contribution in [0.2, 0.25) is 0 Å². The molecule has 7 heteroatoms. The topological polar surface area (TPSA) is 73.0 Å². The van der Waals surface area contributed by atoms with Crippen LogP contribution in [0.4, 0.5) is 17.5 Å².